The van der Waals surface area contributed by atoms with Crippen molar-refractivity contribution < 1.29 is 4.79 Å². The van der Waals surface area contributed by atoms with Crippen LogP contribution in [-0.4, -0.2) is 10.9 Å². The summed E-state index contributed by atoms with van der Waals surface area (Å²) >= 11 is 3.27. The van der Waals surface area contributed by atoms with Crippen molar-refractivity contribution in [3.63, 3.8) is 0 Å². The zero-order valence-corrected chi connectivity index (χ0v) is 12.7. The highest BCUT2D eigenvalue weighted by Gasteiger charge is 2.25. The molecule has 0 bridgehead atoms. The predicted molar refractivity (Wildman–Crippen MR) is 84.1 cm³/mol. The summed E-state index contributed by atoms with van der Waals surface area (Å²) in [6, 6.07) is 10.3. The fraction of sp³-hybridized carbons (Fsp3) is 0.333. The van der Waals surface area contributed by atoms with Gasteiger partial charge in [-0.2, -0.15) is 0 Å². The molecule has 1 aromatic heterocycles. The third kappa shape index (κ3) is 3.41. The highest BCUT2D eigenvalue weighted by Crippen LogP contribution is 2.29. The first-order valence-corrected chi connectivity index (χ1v) is 8.61. The Balaban J connectivity index is 1.52. The summed E-state index contributed by atoms with van der Waals surface area (Å²) in [4.78, 5) is 17.5. The highest BCUT2D eigenvalue weighted by atomic mass is 32.2. The Hall–Kier alpha value is -1.33. The van der Waals surface area contributed by atoms with Gasteiger partial charge in [0.15, 0.2) is 5.13 Å². The van der Waals surface area contributed by atoms with Gasteiger partial charge in [-0.25, -0.2) is 4.98 Å². The van der Waals surface area contributed by atoms with E-state index in [1.165, 1.54) is 22.7 Å². The molecule has 3 rings (SSSR count). The first kappa shape index (κ1) is 13.6. The molecule has 2 aromatic rings. The highest BCUT2D eigenvalue weighted by molar-refractivity contribution is 7.98. The molecule has 1 saturated carbocycles. The van der Waals surface area contributed by atoms with Crippen LogP contribution in [0.5, 0.6) is 0 Å². The summed E-state index contributed by atoms with van der Waals surface area (Å²) in [7, 11) is 0. The van der Waals surface area contributed by atoms with Crippen LogP contribution in [0.1, 0.15) is 25.0 Å². The maximum Gasteiger partial charge on any atom is 0.229 e. The van der Waals surface area contributed by atoms with Gasteiger partial charge in [-0.05, 0) is 25.0 Å². The Morgan fingerprint density at radius 1 is 1.35 bits per heavy atom. The van der Waals surface area contributed by atoms with Crippen molar-refractivity contribution in [2.45, 2.75) is 29.9 Å². The second kappa shape index (κ2) is 6.41. The average molecular weight is 304 g/mol. The van der Waals surface area contributed by atoms with Gasteiger partial charge < -0.3 is 5.32 Å². The Morgan fingerprint density at radius 2 is 2.15 bits per heavy atom. The lowest BCUT2D eigenvalue weighted by atomic mass is 9.85. The summed E-state index contributed by atoms with van der Waals surface area (Å²) in [6.07, 6.45) is 3.22. The van der Waals surface area contributed by atoms with Gasteiger partial charge in [-0.1, -0.05) is 24.6 Å². The number of amides is 1. The summed E-state index contributed by atoms with van der Waals surface area (Å²) in [5.74, 6) is 1.17. The molecule has 5 heteroatoms. The lowest BCUT2D eigenvalue weighted by Crippen LogP contribution is -2.27. The van der Waals surface area contributed by atoms with Crippen molar-refractivity contribution >= 4 is 34.1 Å². The molecule has 1 amide bonds. The smallest absolute Gasteiger partial charge is 0.229 e. The number of nitrogens with one attached hydrogen (secondary N) is 1. The van der Waals surface area contributed by atoms with Gasteiger partial charge in [0.1, 0.15) is 0 Å². The molecule has 3 nitrogen and oxygen atoms in total. The lowest BCUT2D eigenvalue weighted by molar-refractivity contribution is -0.122. The number of hydrogen-bond donors (Lipinski definition) is 1. The van der Waals surface area contributed by atoms with E-state index in [0.29, 0.717) is 0 Å². The predicted octanol–water partition coefficient (Wildman–Crippen LogP) is 4.17. The van der Waals surface area contributed by atoms with Crippen molar-refractivity contribution in [2.75, 3.05) is 5.32 Å². The van der Waals surface area contributed by atoms with Crippen molar-refractivity contribution in [3.05, 3.63) is 41.4 Å². The average Bonchev–Trinajstić information content (AvgIpc) is 2.83. The van der Waals surface area contributed by atoms with Crippen LogP contribution in [-0.2, 0) is 10.5 Å². The van der Waals surface area contributed by atoms with Crippen LogP contribution in [0.25, 0.3) is 0 Å². The number of thioether (sulfide) groups is 1. The van der Waals surface area contributed by atoms with E-state index in [-0.39, 0.29) is 11.8 Å². The molecular formula is C15H16N2OS2. The zero-order valence-electron chi connectivity index (χ0n) is 11.0. The van der Waals surface area contributed by atoms with Crippen LogP contribution in [0, 0.1) is 5.92 Å². The number of carbonyl (C=O) groups is 1. The van der Waals surface area contributed by atoms with Crippen molar-refractivity contribution in [3.8, 4) is 0 Å². The fourth-order valence-electron chi connectivity index (χ4n) is 1.98. The standard InChI is InChI=1S/C15H16N2OS2/c18-14(11-5-4-6-11)17-15-16-12(10-20-15)9-19-13-7-2-1-3-8-13/h1-3,7-8,10-11H,4-6,9H2,(H,16,17,18). The van der Waals surface area contributed by atoms with E-state index in [1.54, 1.807) is 11.8 Å². The first-order chi connectivity index (χ1) is 9.81. The number of hydrogen-bond acceptors (Lipinski definition) is 4. The summed E-state index contributed by atoms with van der Waals surface area (Å²) in [5.41, 5.74) is 1.02. The van der Waals surface area contributed by atoms with Gasteiger partial charge in [0.25, 0.3) is 0 Å². The minimum absolute atomic E-state index is 0.132. The molecule has 0 atom stereocenters. The maximum absolute atomic E-state index is 11.8. The number of rotatable bonds is 5. The fourth-order valence-corrected chi connectivity index (χ4v) is 3.61. The van der Waals surface area contributed by atoms with E-state index in [4.69, 9.17) is 0 Å². The number of anilines is 1. The summed E-state index contributed by atoms with van der Waals surface area (Å²) in [5, 5.41) is 5.67. The quantitative estimate of drug-likeness (QED) is 0.843. The normalized spacial score (nSPS) is 14.8. The largest absolute Gasteiger partial charge is 0.302 e. The van der Waals surface area contributed by atoms with Gasteiger partial charge in [0, 0.05) is 21.9 Å². The van der Waals surface area contributed by atoms with Crippen LogP contribution >= 0.6 is 23.1 Å². The monoisotopic (exact) mass is 304 g/mol. The summed E-state index contributed by atoms with van der Waals surface area (Å²) < 4.78 is 0. The molecule has 1 aliphatic carbocycles. The van der Waals surface area contributed by atoms with E-state index in [0.717, 1.165) is 29.4 Å². The molecule has 0 radical (unpaired) electrons. The SMILES string of the molecule is O=C(Nc1nc(CSc2ccccc2)cs1)C1CCC1. The van der Waals surface area contributed by atoms with Crippen molar-refractivity contribution in [1.82, 2.24) is 4.98 Å². The molecule has 1 aromatic carbocycles. The molecular weight excluding hydrogens is 288 g/mol. The first-order valence-electron chi connectivity index (χ1n) is 6.74. The number of benzene rings is 1. The van der Waals surface area contributed by atoms with Gasteiger partial charge in [-0.3, -0.25) is 4.79 Å². The molecule has 0 spiro atoms. The second-order valence-corrected chi connectivity index (χ2v) is 6.77. The molecule has 0 saturated heterocycles. The van der Waals surface area contributed by atoms with E-state index >= 15 is 0 Å². The number of aromatic nitrogens is 1. The number of carbonyl (C=O) groups excluding carboxylic acids is 1. The molecule has 1 N–H and O–H groups in total. The van der Waals surface area contributed by atoms with Crippen LogP contribution in [0.4, 0.5) is 5.13 Å². The molecule has 0 unspecified atom stereocenters. The molecule has 1 aliphatic rings. The molecule has 0 aliphatic heterocycles. The Morgan fingerprint density at radius 3 is 2.85 bits per heavy atom. The van der Waals surface area contributed by atoms with Gasteiger partial charge in [0.05, 0.1) is 5.69 Å². The van der Waals surface area contributed by atoms with Crippen molar-refractivity contribution in [1.29, 1.82) is 0 Å². The third-order valence-electron chi connectivity index (χ3n) is 3.39. The minimum atomic E-state index is 0.132. The Labute approximate surface area is 126 Å². The molecule has 104 valence electrons. The number of nitrogens with zero attached hydrogens (tertiary/aromatic N) is 1. The molecule has 1 heterocycles. The van der Waals surface area contributed by atoms with Crippen LogP contribution in [0.15, 0.2) is 40.6 Å². The topological polar surface area (TPSA) is 42.0 Å². The minimum Gasteiger partial charge on any atom is -0.302 e. The third-order valence-corrected chi connectivity index (χ3v) is 5.24. The maximum atomic E-state index is 11.8. The van der Waals surface area contributed by atoms with Gasteiger partial charge in [-0.15, -0.1) is 23.1 Å². The van der Waals surface area contributed by atoms with Crippen LogP contribution < -0.4 is 5.32 Å². The van der Waals surface area contributed by atoms with E-state index < -0.39 is 0 Å². The van der Waals surface area contributed by atoms with E-state index in [2.05, 4.69) is 22.4 Å². The van der Waals surface area contributed by atoms with Gasteiger partial charge in [0.2, 0.25) is 5.91 Å². The van der Waals surface area contributed by atoms with E-state index in [9.17, 15) is 4.79 Å². The molecule has 1 fully saturated rings. The summed E-state index contributed by atoms with van der Waals surface area (Å²) in [6.45, 7) is 0. The van der Waals surface area contributed by atoms with Crippen LogP contribution in [0.3, 0.4) is 0 Å². The van der Waals surface area contributed by atoms with Crippen molar-refractivity contribution in [2.24, 2.45) is 5.92 Å². The molecule has 20 heavy (non-hydrogen) atoms. The Bertz CT molecular complexity index is 579. The van der Waals surface area contributed by atoms with Gasteiger partial charge >= 0.3 is 0 Å². The van der Waals surface area contributed by atoms with Crippen LogP contribution in [0.2, 0.25) is 0 Å². The number of thiazole rings is 1. The Kier molecular flexibility index (Phi) is 4.38. The lowest BCUT2D eigenvalue weighted by Gasteiger charge is -2.23. The second-order valence-electron chi connectivity index (χ2n) is 4.86. The zero-order chi connectivity index (χ0) is 13.8. The van der Waals surface area contributed by atoms with E-state index in [1.807, 2.05) is 23.6 Å².